The van der Waals surface area contributed by atoms with E-state index in [-0.39, 0.29) is 5.41 Å². The zero-order valence-corrected chi connectivity index (χ0v) is 19.4. The molecule has 0 saturated carbocycles. The Balaban J connectivity index is 2.12. The molecule has 0 aliphatic rings. The van der Waals surface area contributed by atoms with Gasteiger partial charge in [0.15, 0.2) is 0 Å². The average molecular weight is 452 g/mol. The summed E-state index contributed by atoms with van der Waals surface area (Å²) >= 11 is 0. The number of carboxylic acids is 1. The molecule has 0 saturated heterocycles. The Morgan fingerprint density at radius 2 is 1.73 bits per heavy atom. The molecule has 174 valence electrons. The van der Waals surface area contributed by atoms with Gasteiger partial charge in [0.1, 0.15) is 17.9 Å². The molecule has 0 spiro atoms. The van der Waals surface area contributed by atoms with E-state index in [2.05, 4.69) is 43.2 Å². The molecule has 0 aliphatic heterocycles. The molecule has 0 bridgehead atoms. The van der Waals surface area contributed by atoms with E-state index in [0.29, 0.717) is 17.3 Å². The van der Waals surface area contributed by atoms with Crippen LogP contribution in [0.4, 0.5) is 5.69 Å². The molecule has 3 rings (SSSR count). The molecular formula is C25H29N3O5. The van der Waals surface area contributed by atoms with E-state index in [4.69, 9.17) is 5.11 Å². The second-order valence-corrected chi connectivity index (χ2v) is 9.30. The quantitative estimate of drug-likeness (QED) is 0.457. The molecule has 1 aromatic heterocycles. The maximum atomic E-state index is 12.7. The van der Waals surface area contributed by atoms with Crippen molar-refractivity contribution in [3.63, 3.8) is 0 Å². The van der Waals surface area contributed by atoms with E-state index >= 15 is 0 Å². The molecule has 1 heterocycles. The number of hydrogen-bond donors (Lipinski definition) is 4. The topological polar surface area (TPSA) is 123 Å². The van der Waals surface area contributed by atoms with Crippen molar-refractivity contribution in [2.75, 3.05) is 25.5 Å². The van der Waals surface area contributed by atoms with Gasteiger partial charge < -0.3 is 25.4 Å². The van der Waals surface area contributed by atoms with Crippen LogP contribution >= 0.6 is 0 Å². The number of rotatable bonds is 6. The van der Waals surface area contributed by atoms with E-state index in [0.717, 1.165) is 16.8 Å². The van der Waals surface area contributed by atoms with Crippen LogP contribution in [0.25, 0.3) is 10.9 Å². The number of H-pyrrole nitrogens is 1. The van der Waals surface area contributed by atoms with Gasteiger partial charge in [-0.3, -0.25) is 14.4 Å². The minimum atomic E-state index is -1.25. The van der Waals surface area contributed by atoms with Crippen LogP contribution in [0.3, 0.4) is 0 Å². The van der Waals surface area contributed by atoms with Crippen LogP contribution in [0.15, 0.2) is 41.2 Å². The number of carbonyl (C=O) groups excluding carboxylic acids is 1. The molecule has 2 aromatic carbocycles. The van der Waals surface area contributed by atoms with E-state index in [9.17, 15) is 19.5 Å². The average Bonchev–Trinajstić information content (AvgIpc) is 2.72. The second kappa shape index (κ2) is 8.97. The number of fused-ring (bicyclic) bond motifs is 1. The maximum absolute atomic E-state index is 12.7. The molecule has 0 radical (unpaired) electrons. The number of anilines is 1. The van der Waals surface area contributed by atoms with Crippen LogP contribution in [0.1, 0.15) is 47.8 Å². The number of carbonyl (C=O) groups is 2. The first kappa shape index (κ1) is 23.8. The number of aliphatic carboxylic acids is 1. The van der Waals surface area contributed by atoms with Gasteiger partial charge >= 0.3 is 5.97 Å². The normalized spacial score (nSPS) is 11.4. The third-order valence-electron chi connectivity index (χ3n) is 5.52. The Morgan fingerprint density at radius 1 is 1.09 bits per heavy atom. The fourth-order valence-electron chi connectivity index (χ4n) is 3.63. The number of aromatic hydroxyl groups is 1. The lowest BCUT2D eigenvalue weighted by molar-refractivity contribution is -0.135. The number of carboxylic acid groups (broad SMARTS) is 1. The molecule has 0 atom stereocenters. The van der Waals surface area contributed by atoms with Crippen LogP contribution in [-0.2, 0) is 16.6 Å². The van der Waals surface area contributed by atoms with E-state index < -0.39 is 35.3 Å². The number of nitrogens with zero attached hydrogens (tertiary/aromatic N) is 1. The molecule has 3 aromatic rings. The summed E-state index contributed by atoms with van der Waals surface area (Å²) in [6, 6.07) is 11.9. The van der Waals surface area contributed by atoms with Crippen molar-refractivity contribution >= 4 is 28.5 Å². The Labute approximate surface area is 191 Å². The largest absolute Gasteiger partial charge is 0.506 e. The van der Waals surface area contributed by atoms with Crippen molar-refractivity contribution in [2.45, 2.75) is 32.6 Å². The lowest BCUT2D eigenvalue weighted by Crippen LogP contribution is -2.33. The first-order valence-electron chi connectivity index (χ1n) is 10.6. The third kappa shape index (κ3) is 5.16. The number of pyridine rings is 1. The Hall–Kier alpha value is -3.81. The molecule has 8 nitrogen and oxygen atoms in total. The van der Waals surface area contributed by atoms with Gasteiger partial charge in [-0.25, -0.2) is 0 Å². The highest BCUT2D eigenvalue weighted by atomic mass is 16.4. The second-order valence-electron chi connectivity index (χ2n) is 9.30. The van der Waals surface area contributed by atoms with Crippen LogP contribution in [0.2, 0.25) is 0 Å². The first-order valence-corrected chi connectivity index (χ1v) is 10.6. The highest BCUT2D eigenvalue weighted by molar-refractivity contribution is 6.04. The summed E-state index contributed by atoms with van der Waals surface area (Å²) in [5, 5.41) is 22.1. The van der Waals surface area contributed by atoms with Crippen molar-refractivity contribution in [1.82, 2.24) is 10.3 Å². The standard InChI is InChI=1S/C25H29N3O5/c1-25(2,3)16-8-6-14(7-9-16)10-15-11-17(28(4)5)12-18-21(15)27-24(33)20(22(18)31)23(32)26-13-19(29)30/h6-9,11-12H,10,13H2,1-5H3,(H,26,32)(H,29,30)(H2,27,31,33). The Bertz CT molecular complexity index is 1270. The zero-order chi connectivity index (χ0) is 24.5. The first-order chi connectivity index (χ1) is 15.4. The number of aromatic amines is 1. The third-order valence-corrected chi connectivity index (χ3v) is 5.52. The van der Waals surface area contributed by atoms with Gasteiger partial charge in [-0.05, 0) is 40.7 Å². The van der Waals surface area contributed by atoms with Crippen molar-refractivity contribution in [3.8, 4) is 5.75 Å². The van der Waals surface area contributed by atoms with E-state index in [1.54, 1.807) is 6.07 Å². The number of hydrogen-bond acceptors (Lipinski definition) is 5. The molecule has 0 aliphatic carbocycles. The summed E-state index contributed by atoms with van der Waals surface area (Å²) in [6.07, 6.45) is 0.503. The van der Waals surface area contributed by atoms with Gasteiger partial charge in [-0.15, -0.1) is 0 Å². The fourth-order valence-corrected chi connectivity index (χ4v) is 3.63. The number of amides is 1. The van der Waals surface area contributed by atoms with Crippen molar-refractivity contribution in [1.29, 1.82) is 0 Å². The van der Waals surface area contributed by atoms with Crippen molar-refractivity contribution in [2.24, 2.45) is 0 Å². The molecule has 0 unspecified atom stereocenters. The number of benzene rings is 2. The lowest BCUT2D eigenvalue weighted by atomic mass is 9.86. The molecule has 0 fully saturated rings. The Kier molecular flexibility index (Phi) is 6.48. The summed E-state index contributed by atoms with van der Waals surface area (Å²) < 4.78 is 0. The van der Waals surface area contributed by atoms with Crippen molar-refractivity contribution < 1.29 is 19.8 Å². The smallest absolute Gasteiger partial charge is 0.322 e. The number of aromatic nitrogens is 1. The maximum Gasteiger partial charge on any atom is 0.322 e. The summed E-state index contributed by atoms with van der Waals surface area (Å²) in [5.41, 5.74) is 2.96. The summed E-state index contributed by atoms with van der Waals surface area (Å²) in [5.74, 6) is -2.69. The number of nitrogens with one attached hydrogen (secondary N) is 2. The summed E-state index contributed by atoms with van der Waals surface area (Å²) in [7, 11) is 3.71. The van der Waals surface area contributed by atoms with Gasteiger partial charge in [0.25, 0.3) is 11.5 Å². The monoisotopic (exact) mass is 451 g/mol. The van der Waals surface area contributed by atoms with Crippen LogP contribution < -0.4 is 15.8 Å². The van der Waals surface area contributed by atoms with Gasteiger partial charge in [0.2, 0.25) is 0 Å². The van der Waals surface area contributed by atoms with Crippen LogP contribution in [-0.4, -0.2) is 47.7 Å². The minimum absolute atomic E-state index is 0.0324. The Morgan fingerprint density at radius 3 is 2.27 bits per heavy atom. The summed E-state index contributed by atoms with van der Waals surface area (Å²) in [4.78, 5) is 40.4. The summed E-state index contributed by atoms with van der Waals surface area (Å²) in [6.45, 7) is 5.78. The molecular weight excluding hydrogens is 422 g/mol. The van der Waals surface area contributed by atoms with E-state index in [1.165, 1.54) is 5.56 Å². The van der Waals surface area contributed by atoms with E-state index in [1.807, 2.05) is 37.2 Å². The van der Waals surface area contributed by atoms with Gasteiger partial charge in [-0.1, -0.05) is 45.0 Å². The fraction of sp³-hybridized carbons (Fsp3) is 0.320. The molecule has 1 amide bonds. The van der Waals surface area contributed by atoms with Crippen LogP contribution in [0, 0.1) is 0 Å². The predicted octanol–water partition coefficient (Wildman–Crippen LogP) is 3.00. The minimum Gasteiger partial charge on any atom is -0.506 e. The lowest BCUT2D eigenvalue weighted by Gasteiger charge is -2.20. The van der Waals surface area contributed by atoms with Gasteiger partial charge in [0.05, 0.1) is 5.52 Å². The van der Waals surface area contributed by atoms with Gasteiger partial charge in [-0.2, -0.15) is 0 Å². The predicted molar refractivity (Wildman–Crippen MR) is 128 cm³/mol. The zero-order valence-electron chi connectivity index (χ0n) is 19.4. The molecule has 4 N–H and O–H groups in total. The van der Waals surface area contributed by atoms with Gasteiger partial charge in [0, 0.05) is 25.2 Å². The van der Waals surface area contributed by atoms with Crippen LogP contribution in [0.5, 0.6) is 5.75 Å². The molecule has 33 heavy (non-hydrogen) atoms. The molecule has 8 heteroatoms. The highest BCUT2D eigenvalue weighted by Gasteiger charge is 2.22. The highest BCUT2D eigenvalue weighted by Crippen LogP contribution is 2.33. The SMILES string of the molecule is CN(C)c1cc(Cc2ccc(C(C)(C)C)cc2)c2[nH]c(=O)c(C(=O)NCC(=O)O)c(O)c2c1. The van der Waals surface area contributed by atoms with Crippen molar-refractivity contribution in [3.05, 3.63) is 69.0 Å².